The van der Waals surface area contributed by atoms with Crippen LogP contribution in [0.2, 0.25) is 0 Å². The van der Waals surface area contributed by atoms with E-state index < -0.39 is 23.0 Å². The van der Waals surface area contributed by atoms with Crippen LogP contribution in [0.15, 0.2) is 23.1 Å². The fourth-order valence-electron chi connectivity index (χ4n) is 2.43. The topological polar surface area (TPSA) is 88.4 Å². The number of aliphatic carboxylic acids is 1. The Labute approximate surface area is 110 Å². The highest BCUT2D eigenvalue weighted by molar-refractivity contribution is 5.97. The van der Waals surface area contributed by atoms with Gasteiger partial charge in [-0.05, 0) is 25.0 Å². The van der Waals surface area contributed by atoms with Crippen molar-refractivity contribution in [2.45, 2.75) is 31.2 Å². The molecule has 19 heavy (non-hydrogen) atoms. The molecule has 0 spiro atoms. The molecule has 0 radical (unpaired) electrons. The summed E-state index contributed by atoms with van der Waals surface area (Å²) < 4.78 is 1.29. The monoisotopic (exact) mass is 264 g/mol. The highest BCUT2D eigenvalue weighted by Crippen LogP contribution is 2.30. The summed E-state index contributed by atoms with van der Waals surface area (Å²) in [7, 11) is 1.54. The van der Waals surface area contributed by atoms with Crippen molar-refractivity contribution < 1.29 is 14.7 Å². The number of rotatable bonds is 3. The summed E-state index contributed by atoms with van der Waals surface area (Å²) in [6.07, 6.45) is 3.88. The van der Waals surface area contributed by atoms with Gasteiger partial charge >= 0.3 is 5.97 Å². The maximum Gasteiger partial charge on any atom is 0.329 e. The van der Waals surface area contributed by atoms with Crippen LogP contribution in [0.4, 0.5) is 0 Å². The van der Waals surface area contributed by atoms with E-state index >= 15 is 0 Å². The molecule has 0 aliphatic heterocycles. The normalized spacial score (nSPS) is 17.1. The van der Waals surface area contributed by atoms with Crippen molar-refractivity contribution >= 4 is 11.9 Å². The second kappa shape index (κ2) is 4.87. The van der Waals surface area contributed by atoms with Gasteiger partial charge < -0.3 is 15.0 Å². The molecule has 2 N–H and O–H groups in total. The largest absolute Gasteiger partial charge is 0.480 e. The predicted molar refractivity (Wildman–Crippen MR) is 68.0 cm³/mol. The fraction of sp³-hybridized carbons (Fsp3) is 0.462. The average Bonchev–Trinajstić information content (AvgIpc) is 2.82. The van der Waals surface area contributed by atoms with Crippen LogP contribution in [0.3, 0.4) is 0 Å². The van der Waals surface area contributed by atoms with Crippen molar-refractivity contribution in [3.63, 3.8) is 0 Å². The molecule has 0 unspecified atom stereocenters. The highest BCUT2D eigenvalue weighted by Gasteiger charge is 2.42. The molecule has 6 heteroatoms. The van der Waals surface area contributed by atoms with Gasteiger partial charge in [-0.15, -0.1) is 0 Å². The lowest BCUT2D eigenvalue weighted by atomic mass is 9.97. The van der Waals surface area contributed by atoms with Crippen LogP contribution in [0.25, 0.3) is 0 Å². The van der Waals surface area contributed by atoms with E-state index in [4.69, 9.17) is 0 Å². The maximum absolute atomic E-state index is 12.1. The van der Waals surface area contributed by atoms with Crippen LogP contribution >= 0.6 is 0 Å². The molecule has 102 valence electrons. The van der Waals surface area contributed by atoms with E-state index in [1.807, 2.05) is 0 Å². The number of nitrogens with zero attached hydrogens (tertiary/aromatic N) is 1. The van der Waals surface area contributed by atoms with Crippen LogP contribution in [-0.4, -0.2) is 27.1 Å². The van der Waals surface area contributed by atoms with Gasteiger partial charge in [-0.25, -0.2) is 4.79 Å². The first kappa shape index (κ1) is 13.3. The summed E-state index contributed by atoms with van der Waals surface area (Å²) in [5.41, 5.74) is -1.69. The first-order chi connectivity index (χ1) is 8.96. The summed E-state index contributed by atoms with van der Waals surface area (Å²) in [5.74, 6) is -1.66. The fourth-order valence-corrected chi connectivity index (χ4v) is 2.43. The van der Waals surface area contributed by atoms with Crippen molar-refractivity contribution in [3.05, 3.63) is 34.2 Å². The van der Waals surface area contributed by atoms with E-state index in [2.05, 4.69) is 5.32 Å². The lowest BCUT2D eigenvalue weighted by Crippen LogP contribution is -2.53. The maximum atomic E-state index is 12.1. The minimum atomic E-state index is -1.22. The number of amides is 1. The molecule has 0 aromatic carbocycles. The van der Waals surface area contributed by atoms with Crippen LogP contribution in [0.1, 0.15) is 36.0 Å². The number of nitrogens with one attached hydrogen (secondary N) is 1. The summed E-state index contributed by atoms with van der Waals surface area (Å²) in [6.45, 7) is 0. The molecular weight excluding hydrogens is 248 g/mol. The molecule has 1 fully saturated rings. The van der Waals surface area contributed by atoms with Crippen molar-refractivity contribution in [1.29, 1.82) is 0 Å². The number of pyridine rings is 1. The zero-order valence-electron chi connectivity index (χ0n) is 10.7. The molecule has 1 aliphatic carbocycles. The molecule has 1 heterocycles. The summed E-state index contributed by atoms with van der Waals surface area (Å²) in [4.78, 5) is 35.3. The molecule has 1 aromatic heterocycles. The first-order valence-corrected chi connectivity index (χ1v) is 6.18. The van der Waals surface area contributed by atoms with Gasteiger partial charge in [0.15, 0.2) is 0 Å². The Morgan fingerprint density at radius 2 is 2.00 bits per heavy atom. The van der Waals surface area contributed by atoms with Crippen LogP contribution in [0.5, 0.6) is 0 Å². The quantitative estimate of drug-likeness (QED) is 0.832. The Morgan fingerprint density at radius 1 is 1.37 bits per heavy atom. The summed E-state index contributed by atoms with van der Waals surface area (Å²) in [5, 5.41) is 11.8. The Kier molecular flexibility index (Phi) is 3.42. The van der Waals surface area contributed by atoms with Crippen molar-refractivity contribution in [2.75, 3.05) is 0 Å². The van der Waals surface area contributed by atoms with Gasteiger partial charge in [0.1, 0.15) is 11.1 Å². The lowest BCUT2D eigenvalue weighted by molar-refractivity contribution is -0.144. The molecule has 0 bridgehead atoms. The van der Waals surface area contributed by atoms with Crippen LogP contribution in [-0.2, 0) is 11.8 Å². The molecule has 1 saturated carbocycles. The van der Waals surface area contributed by atoms with Gasteiger partial charge in [0.25, 0.3) is 11.5 Å². The van der Waals surface area contributed by atoms with Crippen molar-refractivity contribution in [1.82, 2.24) is 9.88 Å². The van der Waals surface area contributed by atoms with Gasteiger partial charge in [-0.3, -0.25) is 9.59 Å². The third-order valence-electron chi connectivity index (χ3n) is 3.59. The number of carboxylic acid groups (broad SMARTS) is 1. The SMILES string of the molecule is Cn1cccc(C(=O)NC2(C(=O)O)CCCC2)c1=O. The van der Waals surface area contributed by atoms with E-state index in [0.29, 0.717) is 12.8 Å². The van der Waals surface area contributed by atoms with Crippen LogP contribution in [0, 0.1) is 0 Å². The summed E-state index contributed by atoms with van der Waals surface area (Å²) >= 11 is 0. The second-order valence-corrected chi connectivity index (χ2v) is 4.89. The van der Waals surface area contributed by atoms with E-state index in [1.54, 1.807) is 19.3 Å². The van der Waals surface area contributed by atoms with E-state index in [-0.39, 0.29) is 5.56 Å². The van der Waals surface area contributed by atoms with Gasteiger partial charge in [-0.1, -0.05) is 12.8 Å². The van der Waals surface area contributed by atoms with Gasteiger partial charge in [0.2, 0.25) is 0 Å². The minimum absolute atomic E-state index is 0.0301. The molecule has 0 atom stereocenters. The van der Waals surface area contributed by atoms with Gasteiger partial charge in [0.05, 0.1) is 0 Å². The average molecular weight is 264 g/mol. The standard InChI is InChI=1S/C13H16N2O4/c1-15-8-4-5-9(11(15)17)10(16)14-13(12(18)19)6-2-3-7-13/h4-5,8H,2-3,6-7H2,1H3,(H,14,16)(H,18,19). The molecule has 1 aliphatic rings. The molecule has 1 aromatic rings. The first-order valence-electron chi connectivity index (χ1n) is 6.18. The van der Waals surface area contributed by atoms with E-state index in [1.165, 1.54) is 10.6 Å². The number of hydrogen-bond donors (Lipinski definition) is 2. The lowest BCUT2D eigenvalue weighted by Gasteiger charge is -2.25. The van der Waals surface area contributed by atoms with Crippen LogP contribution < -0.4 is 10.9 Å². The zero-order valence-corrected chi connectivity index (χ0v) is 10.7. The Morgan fingerprint density at radius 3 is 2.58 bits per heavy atom. The molecular formula is C13H16N2O4. The van der Waals surface area contributed by atoms with E-state index in [9.17, 15) is 19.5 Å². The second-order valence-electron chi connectivity index (χ2n) is 4.89. The zero-order chi connectivity index (χ0) is 14.0. The van der Waals surface area contributed by atoms with Gasteiger partial charge in [-0.2, -0.15) is 0 Å². The molecule has 1 amide bonds. The number of aryl methyl sites for hydroxylation is 1. The summed E-state index contributed by atoms with van der Waals surface area (Å²) in [6, 6.07) is 2.99. The third kappa shape index (κ3) is 2.38. The Hall–Kier alpha value is -2.11. The number of aromatic nitrogens is 1. The Balaban J connectivity index is 2.28. The number of carbonyl (C=O) groups excluding carboxylic acids is 1. The van der Waals surface area contributed by atoms with Crippen molar-refractivity contribution in [2.24, 2.45) is 7.05 Å². The number of carbonyl (C=O) groups is 2. The van der Waals surface area contributed by atoms with Gasteiger partial charge in [0, 0.05) is 13.2 Å². The number of carboxylic acids is 1. The number of hydrogen-bond acceptors (Lipinski definition) is 3. The molecule has 0 saturated heterocycles. The van der Waals surface area contributed by atoms with Crippen molar-refractivity contribution in [3.8, 4) is 0 Å². The highest BCUT2D eigenvalue weighted by atomic mass is 16.4. The van der Waals surface area contributed by atoms with E-state index in [0.717, 1.165) is 12.8 Å². The molecule has 6 nitrogen and oxygen atoms in total. The minimum Gasteiger partial charge on any atom is -0.480 e. The predicted octanol–water partition coefficient (Wildman–Crippen LogP) is 0.512. The smallest absolute Gasteiger partial charge is 0.329 e. The third-order valence-corrected chi connectivity index (χ3v) is 3.59. The Bertz CT molecular complexity index is 570. The molecule has 2 rings (SSSR count).